The van der Waals surface area contributed by atoms with Gasteiger partial charge in [-0.05, 0) is 74.8 Å². The average Bonchev–Trinajstić information content (AvgIpc) is 2.38. The number of hydrogen-bond acceptors (Lipinski definition) is 1. The van der Waals surface area contributed by atoms with Crippen molar-refractivity contribution in [1.29, 1.82) is 0 Å². The van der Waals surface area contributed by atoms with Crippen LogP contribution in [0.2, 0.25) is 0 Å². The van der Waals surface area contributed by atoms with E-state index in [4.69, 9.17) is 11.6 Å². The van der Waals surface area contributed by atoms with Crippen molar-refractivity contribution in [3.05, 3.63) is 0 Å². The second kappa shape index (κ2) is 6.02. The second-order valence-electron chi connectivity index (χ2n) is 6.07. The van der Waals surface area contributed by atoms with Crippen LogP contribution < -0.4 is 0 Å². The molecule has 0 aromatic carbocycles. The molecule has 0 aromatic heterocycles. The van der Waals surface area contributed by atoms with Crippen LogP contribution in [0.3, 0.4) is 0 Å². The summed E-state index contributed by atoms with van der Waals surface area (Å²) >= 11 is 5.50. The van der Waals surface area contributed by atoms with Gasteiger partial charge < -0.3 is 0 Å². The highest BCUT2D eigenvalue weighted by molar-refractivity contribution is 6.63. The third-order valence-electron chi connectivity index (χ3n) is 4.99. The van der Waals surface area contributed by atoms with E-state index < -0.39 is 12.1 Å². The SMILES string of the molecule is O=C(Cl)C1CCC(C2CCC(C(F)(F)F)CC2)CC1. The van der Waals surface area contributed by atoms with E-state index in [-0.39, 0.29) is 24.0 Å². The van der Waals surface area contributed by atoms with Crippen LogP contribution in [0.25, 0.3) is 0 Å². The average molecular weight is 297 g/mol. The van der Waals surface area contributed by atoms with Gasteiger partial charge in [0.05, 0.1) is 5.92 Å². The number of carbonyl (C=O) groups excluding carboxylic acids is 1. The standard InChI is InChI=1S/C14H20ClF3O/c15-13(19)11-3-1-9(2-4-11)10-5-7-12(8-6-10)14(16,17)18/h9-12H,1-8H2. The minimum absolute atomic E-state index is 0.0237. The van der Waals surface area contributed by atoms with E-state index in [0.717, 1.165) is 25.7 Å². The lowest BCUT2D eigenvalue weighted by Crippen LogP contribution is -2.31. The summed E-state index contributed by atoms with van der Waals surface area (Å²) in [7, 11) is 0. The van der Waals surface area contributed by atoms with Crippen LogP contribution in [0.1, 0.15) is 51.4 Å². The molecule has 0 aliphatic heterocycles. The topological polar surface area (TPSA) is 17.1 Å². The fourth-order valence-corrected chi connectivity index (χ4v) is 3.95. The van der Waals surface area contributed by atoms with Gasteiger partial charge in [0.2, 0.25) is 5.24 Å². The molecule has 0 bridgehead atoms. The van der Waals surface area contributed by atoms with E-state index in [1.807, 2.05) is 0 Å². The molecule has 110 valence electrons. The van der Waals surface area contributed by atoms with E-state index in [2.05, 4.69) is 0 Å². The van der Waals surface area contributed by atoms with Crippen molar-refractivity contribution in [1.82, 2.24) is 0 Å². The van der Waals surface area contributed by atoms with E-state index >= 15 is 0 Å². The Hall–Kier alpha value is -0.250. The van der Waals surface area contributed by atoms with Gasteiger partial charge in [0.15, 0.2) is 0 Å². The molecule has 0 saturated heterocycles. The summed E-state index contributed by atoms with van der Waals surface area (Å²) in [4.78, 5) is 11.1. The van der Waals surface area contributed by atoms with Crippen molar-refractivity contribution in [2.24, 2.45) is 23.7 Å². The number of halogens is 4. The quantitative estimate of drug-likeness (QED) is 0.661. The van der Waals surface area contributed by atoms with Gasteiger partial charge in [0, 0.05) is 5.92 Å². The van der Waals surface area contributed by atoms with Crippen molar-refractivity contribution in [2.75, 3.05) is 0 Å². The second-order valence-corrected chi connectivity index (χ2v) is 6.44. The predicted molar refractivity (Wildman–Crippen MR) is 67.8 cm³/mol. The Morgan fingerprint density at radius 3 is 1.63 bits per heavy atom. The first-order chi connectivity index (χ1) is 8.88. The maximum absolute atomic E-state index is 12.6. The largest absolute Gasteiger partial charge is 0.391 e. The van der Waals surface area contributed by atoms with Crippen LogP contribution in [0.4, 0.5) is 13.2 Å². The highest BCUT2D eigenvalue weighted by atomic mass is 35.5. The first kappa shape index (κ1) is 15.1. The third-order valence-corrected chi connectivity index (χ3v) is 5.30. The molecule has 0 aromatic rings. The zero-order chi connectivity index (χ0) is 14.0. The van der Waals surface area contributed by atoms with Crippen molar-refractivity contribution < 1.29 is 18.0 Å². The molecule has 2 aliphatic carbocycles. The molecule has 0 amide bonds. The molecule has 0 atom stereocenters. The zero-order valence-electron chi connectivity index (χ0n) is 10.9. The summed E-state index contributed by atoms with van der Waals surface area (Å²) in [6, 6.07) is 0. The van der Waals surface area contributed by atoms with E-state index in [9.17, 15) is 18.0 Å². The maximum atomic E-state index is 12.6. The third kappa shape index (κ3) is 3.87. The van der Waals surface area contributed by atoms with Gasteiger partial charge in [-0.2, -0.15) is 13.2 Å². The molecule has 2 aliphatic rings. The summed E-state index contributed by atoms with van der Waals surface area (Å²) in [5.41, 5.74) is 0. The monoisotopic (exact) mass is 296 g/mol. The summed E-state index contributed by atoms with van der Waals surface area (Å²) in [6.45, 7) is 0. The van der Waals surface area contributed by atoms with E-state index in [0.29, 0.717) is 24.7 Å². The lowest BCUT2D eigenvalue weighted by atomic mass is 9.69. The van der Waals surface area contributed by atoms with Gasteiger partial charge in [-0.3, -0.25) is 4.79 Å². The number of rotatable bonds is 2. The number of alkyl halides is 3. The van der Waals surface area contributed by atoms with Crippen molar-refractivity contribution in [2.45, 2.75) is 57.5 Å². The molecule has 2 saturated carbocycles. The molecule has 2 fully saturated rings. The summed E-state index contributed by atoms with van der Waals surface area (Å²) in [5, 5.41) is -0.251. The Kier molecular flexibility index (Phi) is 4.80. The van der Waals surface area contributed by atoms with Crippen LogP contribution in [0.15, 0.2) is 0 Å². The first-order valence-electron chi connectivity index (χ1n) is 7.14. The molecule has 0 spiro atoms. The predicted octanol–water partition coefficient (Wildman–Crippen LogP) is 4.93. The molecule has 2 rings (SSSR count). The molecular weight excluding hydrogens is 277 g/mol. The Morgan fingerprint density at radius 2 is 1.26 bits per heavy atom. The first-order valence-corrected chi connectivity index (χ1v) is 7.51. The Balaban J connectivity index is 1.78. The van der Waals surface area contributed by atoms with Gasteiger partial charge in [-0.1, -0.05) is 0 Å². The summed E-state index contributed by atoms with van der Waals surface area (Å²) < 4.78 is 37.8. The Morgan fingerprint density at radius 1 is 0.842 bits per heavy atom. The van der Waals surface area contributed by atoms with Gasteiger partial charge >= 0.3 is 6.18 Å². The highest BCUT2D eigenvalue weighted by Gasteiger charge is 2.42. The highest BCUT2D eigenvalue weighted by Crippen LogP contribution is 2.45. The molecule has 0 N–H and O–H groups in total. The fourth-order valence-electron chi connectivity index (χ4n) is 3.74. The van der Waals surface area contributed by atoms with Crippen LogP contribution in [0.5, 0.6) is 0 Å². The molecule has 1 nitrogen and oxygen atoms in total. The lowest BCUT2D eigenvalue weighted by molar-refractivity contribution is -0.185. The van der Waals surface area contributed by atoms with E-state index in [1.54, 1.807) is 0 Å². The molecule has 0 heterocycles. The van der Waals surface area contributed by atoms with Crippen LogP contribution in [-0.2, 0) is 4.79 Å². The van der Waals surface area contributed by atoms with Crippen molar-refractivity contribution in [3.63, 3.8) is 0 Å². The zero-order valence-corrected chi connectivity index (χ0v) is 11.6. The van der Waals surface area contributed by atoms with Gasteiger partial charge in [-0.15, -0.1) is 0 Å². The Labute approximate surface area is 116 Å². The minimum atomic E-state index is -4.02. The van der Waals surface area contributed by atoms with Gasteiger partial charge in [0.1, 0.15) is 0 Å². The van der Waals surface area contributed by atoms with Crippen LogP contribution in [-0.4, -0.2) is 11.4 Å². The van der Waals surface area contributed by atoms with Crippen LogP contribution >= 0.6 is 11.6 Å². The lowest BCUT2D eigenvalue weighted by Gasteiger charge is -2.37. The molecule has 0 radical (unpaired) electrons. The number of carbonyl (C=O) groups is 1. The molecular formula is C14H20ClF3O. The molecule has 19 heavy (non-hydrogen) atoms. The number of hydrogen-bond donors (Lipinski definition) is 0. The van der Waals surface area contributed by atoms with E-state index in [1.165, 1.54) is 0 Å². The van der Waals surface area contributed by atoms with Crippen molar-refractivity contribution in [3.8, 4) is 0 Å². The van der Waals surface area contributed by atoms with Gasteiger partial charge in [0.25, 0.3) is 0 Å². The maximum Gasteiger partial charge on any atom is 0.391 e. The molecule has 0 unspecified atom stereocenters. The van der Waals surface area contributed by atoms with Crippen LogP contribution in [0, 0.1) is 23.7 Å². The summed E-state index contributed by atoms with van der Waals surface area (Å²) in [5.74, 6) is -0.194. The van der Waals surface area contributed by atoms with Gasteiger partial charge in [-0.25, -0.2) is 0 Å². The normalized spacial score (nSPS) is 37.1. The smallest absolute Gasteiger partial charge is 0.281 e. The fraction of sp³-hybridized carbons (Fsp3) is 0.929. The molecule has 5 heteroatoms. The summed E-state index contributed by atoms with van der Waals surface area (Å²) in [6.07, 6.45) is 1.44. The minimum Gasteiger partial charge on any atom is -0.281 e. The Bertz CT molecular complexity index is 313. The van der Waals surface area contributed by atoms with Crippen molar-refractivity contribution >= 4 is 16.8 Å².